The maximum Gasteiger partial charge on any atom is 0.0622 e. The van der Waals surface area contributed by atoms with E-state index in [-0.39, 0.29) is 5.41 Å². The smallest absolute Gasteiger partial charge is 0.0622 e. The van der Waals surface area contributed by atoms with Crippen LogP contribution in [-0.4, -0.2) is 44.3 Å². The molecule has 1 fully saturated rings. The van der Waals surface area contributed by atoms with Crippen LogP contribution in [0.25, 0.3) is 0 Å². The lowest BCUT2D eigenvalue weighted by molar-refractivity contribution is 0.150. The van der Waals surface area contributed by atoms with Gasteiger partial charge in [-0.15, -0.1) is 0 Å². The fourth-order valence-electron chi connectivity index (χ4n) is 1.63. The predicted octanol–water partition coefficient (Wildman–Crippen LogP) is 1.08. The second kappa shape index (κ2) is 5.10. The maximum atomic E-state index is 5.70. The van der Waals surface area contributed by atoms with Gasteiger partial charge in [-0.25, -0.2) is 0 Å². The molecule has 1 heterocycles. The van der Waals surface area contributed by atoms with E-state index in [1.165, 1.54) is 6.42 Å². The number of ether oxygens (including phenoxy) is 1. The molecule has 0 aromatic carbocycles. The molecule has 14 heavy (non-hydrogen) atoms. The lowest BCUT2D eigenvalue weighted by Gasteiger charge is -2.28. The largest absolute Gasteiger partial charge is 0.380 e. The molecule has 0 amide bonds. The highest BCUT2D eigenvalue weighted by Crippen LogP contribution is 2.20. The first kappa shape index (κ1) is 12.0. The third-order valence-corrected chi connectivity index (χ3v) is 3.22. The molecule has 3 heteroatoms. The Bertz CT molecular complexity index is 165. The molecule has 0 spiro atoms. The minimum Gasteiger partial charge on any atom is -0.380 e. The summed E-state index contributed by atoms with van der Waals surface area (Å²) in [5.41, 5.74) is 5.97. The quantitative estimate of drug-likeness (QED) is 0.722. The van der Waals surface area contributed by atoms with Gasteiger partial charge in [-0.2, -0.15) is 0 Å². The molecule has 0 aromatic heterocycles. The Kier molecular flexibility index (Phi) is 4.35. The van der Waals surface area contributed by atoms with E-state index in [0.717, 1.165) is 32.7 Å². The Hall–Kier alpha value is -0.120. The Labute approximate surface area is 87.6 Å². The topological polar surface area (TPSA) is 38.5 Å². The lowest BCUT2D eigenvalue weighted by atomic mass is 9.89. The number of nitrogens with two attached hydrogens (primary N) is 1. The SMILES string of the molecule is CN(CCC(C)(C)CN)C1CCOC1. The molecule has 0 saturated carbocycles. The first-order valence-electron chi connectivity index (χ1n) is 5.53. The molecule has 1 saturated heterocycles. The highest BCUT2D eigenvalue weighted by molar-refractivity contribution is 4.76. The van der Waals surface area contributed by atoms with Crippen molar-refractivity contribution in [1.29, 1.82) is 0 Å². The molecule has 3 nitrogen and oxygen atoms in total. The third-order valence-electron chi connectivity index (χ3n) is 3.22. The summed E-state index contributed by atoms with van der Waals surface area (Å²) >= 11 is 0. The first-order valence-corrected chi connectivity index (χ1v) is 5.53. The van der Waals surface area contributed by atoms with Crippen LogP contribution in [0.2, 0.25) is 0 Å². The van der Waals surface area contributed by atoms with Crippen molar-refractivity contribution in [2.45, 2.75) is 32.7 Å². The molecule has 1 rings (SSSR count). The standard InChI is InChI=1S/C11H24N2O/c1-11(2,9-12)5-6-13(3)10-4-7-14-8-10/h10H,4-9,12H2,1-3H3. The van der Waals surface area contributed by atoms with Crippen molar-refractivity contribution in [1.82, 2.24) is 4.90 Å². The molecular formula is C11H24N2O. The molecular weight excluding hydrogens is 176 g/mol. The van der Waals surface area contributed by atoms with Crippen molar-refractivity contribution in [2.75, 3.05) is 33.4 Å². The number of nitrogens with zero attached hydrogens (tertiary/aromatic N) is 1. The molecule has 0 aromatic rings. The summed E-state index contributed by atoms with van der Waals surface area (Å²) in [6.07, 6.45) is 2.34. The van der Waals surface area contributed by atoms with Crippen LogP contribution < -0.4 is 5.73 Å². The van der Waals surface area contributed by atoms with Crippen LogP contribution in [0.15, 0.2) is 0 Å². The van der Waals surface area contributed by atoms with E-state index in [0.29, 0.717) is 6.04 Å². The van der Waals surface area contributed by atoms with E-state index in [2.05, 4.69) is 25.8 Å². The van der Waals surface area contributed by atoms with Crippen LogP contribution in [-0.2, 0) is 4.74 Å². The van der Waals surface area contributed by atoms with Crippen molar-refractivity contribution in [3.05, 3.63) is 0 Å². The van der Waals surface area contributed by atoms with Gasteiger partial charge in [0.15, 0.2) is 0 Å². The summed E-state index contributed by atoms with van der Waals surface area (Å²) in [6, 6.07) is 0.628. The van der Waals surface area contributed by atoms with Crippen LogP contribution >= 0.6 is 0 Å². The molecule has 0 aliphatic carbocycles. The maximum absolute atomic E-state index is 5.70. The molecule has 1 aliphatic rings. The van der Waals surface area contributed by atoms with Crippen LogP contribution in [0.5, 0.6) is 0 Å². The van der Waals surface area contributed by atoms with Gasteiger partial charge in [-0.3, -0.25) is 0 Å². The third kappa shape index (κ3) is 3.56. The normalized spacial score (nSPS) is 23.4. The zero-order valence-electron chi connectivity index (χ0n) is 9.75. The Morgan fingerprint density at radius 3 is 2.71 bits per heavy atom. The number of rotatable bonds is 5. The van der Waals surface area contributed by atoms with E-state index in [4.69, 9.17) is 10.5 Å². The van der Waals surface area contributed by atoms with Crippen LogP contribution in [0.4, 0.5) is 0 Å². The van der Waals surface area contributed by atoms with Gasteiger partial charge in [0.1, 0.15) is 0 Å². The monoisotopic (exact) mass is 200 g/mol. The van der Waals surface area contributed by atoms with Gasteiger partial charge in [0, 0.05) is 12.6 Å². The molecule has 0 bridgehead atoms. The summed E-state index contributed by atoms with van der Waals surface area (Å²) < 4.78 is 5.37. The van der Waals surface area contributed by atoms with E-state index in [9.17, 15) is 0 Å². The van der Waals surface area contributed by atoms with Gasteiger partial charge in [-0.1, -0.05) is 13.8 Å². The van der Waals surface area contributed by atoms with E-state index < -0.39 is 0 Å². The van der Waals surface area contributed by atoms with Crippen LogP contribution in [0.1, 0.15) is 26.7 Å². The minimum atomic E-state index is 0.272. The number of hydrogen-bond acceptors (Lipinski definition) is 3. The average Bonchev–Trinajstić information content (AvgIpc) is 2.67. The highest BCUT2D eigenvalue weighted by atomic mass is 16.5. The number of likely N-dealkylation sites (N-methyl/N-ethyl adjacent to an activating group) is 1. The average molecular weight is 200 g/mol. The zero-order valence-corrected chi connectivity index (χ0v) is 9.75. The van der Waals surface area contributed by atoms with Crippen molar-refractivity contribution in [2.24, 2.45) is 11.1 Å². The van der Waals surface area contributed by atoms with Gasteiger partial charge in [0.05, 0.1) is 6.61 Å². The van der Waals surface area contributed by atoms with Crippen molar-refractivity contribution in [3.63, 3.8) is 0 Å². The molecule has 0 radical (unpaired) electrons. The lowest BCUT2D eigenvalue weighted by Crippen LogP contribution is -2.36. The molecule has 1 aliphatic heterocycles. The predicted molar refractivity (Wildman–Crippen MR) is 59.3 cm³/mol. The van der Waals surface area contributed by atoms with Crippen molar-refractivity contribution >= 4 is 0 Å². The summed E-state index contributed by atoms with van der Waals surface area (Å²) in [6.45, 7) is 8.17. The molecule has 84 valence electrons. The second-order valence-electron chi connectivity index (χ2n) is 5.12. The van der Waals surface area contributed by atoms with Gasteiger partial charge in [0.25, 0.3) is 0 Å². The Balaban J connectivity index is 2.23. The molecule has 1 unspecified atom stereocenters. The van der Waals surface area contributed by atoms with E-state index in [1.54, 1.807) is 0 Å². The second-order valence-corrected chi connectivity index (χ2v) is 5.12. The van der Waals surface area contributed by atoms with Gasteiger partial charge < -0.3 is 15.4 Å². The van der Waals surface area contributed by atoms with Crippen LogP contribution in [0.3, 0.4) is 0 Å². The van der Waals surface area contributed by atoms with Gasteiger partial charge in [0.2, 0.25) is 0 Å². The van der Waals surface area contributed by atoms with E-state index in [1.807, 2.05) is 0 Å². The van der Waals surface area contributed by atoms with Gasteiger partial charge >= 0.3 is 0 Å². The Morgan fingerprint density at radius 1 is 1.50 bits per heavy atom. The summed E-state index contributed by atoms with van der Waals surface area (Å²) in [5.74, 6) is 0. The minimum absolute atomic E-state index is 0.272. The number of hydrogen-bond donors (Lipinski definition) is 1. The first-order chi connectivity index (χ1) is 6.55. The Morgan fingerprint density at radius 2 is 2.21 bits per heavy atom. The van der Waals surface area contributed by atoms with E-state index >= 15 is 0 Å². The van der Waals surface area contributed by atoms with Crippen molar-refractivity contribution in [3.8, 4) is 0 Å². The van der Waals surface area contributed by atoms with Crippen molar-refractivity contribution < 1.29 is 4.74 Å². The van der Waals surface area contributed by atoms with Gasteiger partial charge in [-0.05, 0) is 38.4 Å². The fraction of sp³-hybridized carbons (Fsp3) is 1.00. The highest BCUT2D eigenvalue weighted by Gasteiger charge is 2.22. The zero-order chi connectivity index (χ0) is 10.6. The fourth-order valence-corrected chi connectivity index (χ4v) is 1.63. The summed E-state index contributed by atoms with van der Waals surface area (Å²) in [7, 11) is 2.19. The summed E-state index contributed by atoms with van der Waals surface area (Å²) in [5, 5.41) is 0. The molecule has 2 N–H and O–H groups in total. The molecule has 1 atom stereocenters. The summed E-state index contributed by atoms with van der Waals surface area (Å²) in [4.78, 5) is 2.41. The van der Waals surface area contributed by atoms with Crippen LogP contribution in [0, 0.1) is 5.41 Å².